The minimum Gasteiger partial charge on any atom is -0.497 e. The number of ether oxygens (including phenoxy) is 4. The molecule has 3 aromatic rings. The molecule has 0 unspecified atom stereocenters. The van der Waals surface area contributed by atoms with Crippen LogP contribution in [0.2, 0.25) is 0 Å². The van der Waals surface area contributed by atoms with Gasteiger partial charge in [0.1, 0.15) is 23.7 Å². The zero-order chi connectivity index (χ0) is 30.0. The third kappa shape index (κ3) is 9.10. The summed E-state index contributed by atoms with van der Waals surface area (Å²) in [6.45, 7) is 2.30. The van der Waals surface area contributed by atoms with Crippen LogP contribution >= 0.6 is 11.3 Å². The topological polar surface area (TPSA) is 117 Å². The molecule has 1 N–H and O–H groups in total. The lowest BCUT2D eigenvalue weighted by Crippen LogP contribution is -2.29. The highest BCUT2D eigenvalue weighted by atomic mass is 32.1. The summed E-state index contributed by atoms with van der Waals surface area (Å²) in [5, 5.41) is 4.35. The van der Waals surface area contributed by atoms with Crippen molar-refractivity contribution in [2.75, 3.05) is 27.4 Å². The highest BCUT2D eigenvalue weighted by Crippen LogP contribution is 2.28. The van der Waals surface area contributed by atoms with E-state index in [2.05, 4.69) is 15.0 Å². The first-order valence-electron chi connectivity index (χ1n) is 12.3. The van der Waals surface area contributed by atoms with Gasteiger partial charge in [0.25, 0.3) is 5.91 Å². The number of benzene rings is 2. The van der Waals surface area contributed by atoms with Gasteiger partial charge in [-0.1, -0.05) is 0 Å². The van der Waals surface area contributed by atoms with Gasteiger partial charge in [0.05, 0.1) is 32.1 Å². The summed E-state index contributed by atoms with van der Waals surface area (Å²) < 4.78 is 58.7. The van der Waals surface area contributed by atoms with Crippen molar-refractivity contribution < 1.29 is 46.5 Å². The van der Waals surface area contributed by atoms with E-state index in [1.807, 2.05) is 0 Å². The summed E-state index contributed by atoms with van der Waals surface area (Å²) >= 11 is 1.16. The molecule has 0 aliphatic rings. The summed E-state index contributed by atoms with van der Waals surface area (Å²) in [6.07, 6.45) is -4.84. The van der Waals surface area contributed by atoms with Crippen LogP contribution in [0.15, 0.2) is 52.8 Å². The smallest absolute Gasteiger partial charge is 0.497 e. The molecule has 0 fully saturated rings. The molecule has 10 nitrogen and oxygen atoms in total. The van der Waals surface area contributed by atoms with Crippen LogP contribution < -0.4 is 24.3 Å². The second-order valence-corrected chi connectivity index (χ2v) is 9.13. The van der Waals surface area contributed by atoms with Crippen LogP contribution in [0.5, 0.6) is 17.2 Å². The Morgan fingerprint density at radius 1 is 1.02 bits per heavy atom. The Bertz CT molecular complexity index is 1430. The van der Waals surface area contributed by atoms with Gasteiger partial charge in [-0.25, -0.2) is 0 Å². The lowest BCUT2D eigenvalue weighted by atomic mass is 10.1. The summed E-state index contributed by atoms with van der Waals surface area (Å²) in [5.74, 6) is -1.32. The zero-order valence-corrected chi connectivity index (χ0v) is 23.3. The van der Waals surface area contributed by atoms with E-state index in [0.717, 1.165) is 11.3 Å². The van der Waals surface area contributed by atoms with Crippen LogP contribution in [-0.4, -0.2) is 56.1 Å². The quantitative estimate of drug-likeness (QED) is 0.188. The number of nitrogens with one attached hydrogen (secondary N) is 1. The number of hydrogen-bond acceptors (Lipinski definition) is 8. The van der Waals surface area contributed by atoms with Crippen LogP contribution in [0, 0.1) is 0 Å². The molecule has 0 saturated heterocycles. The molecule has 2 amide bonds. The van der Waals surface area contributed by atoms with Crippen LogP contribution in [0.4, 0.5) is 13.2 Å². The number of carbonyl (C=O) groups excluding carboxylic acids is 3. The monoisotopic (exact) mass is 595 g/mol. The number of methoxy groups -OCH3 is 2. The first kappa shape index (κ1) is 31.2. The molecular weight excluding hydrogens is 567 g/mol. The fourth-order valence-electron chi connectivity index (χ4n) is 3.69. The number of esters is 1. The third-order valence-electron chi connectivity index (χ3n) is 5.51. The first-order chi connectivity index (χ1) is 19.5. The molecule has 0 radical (unpaired) electrons. The van der Waals surface area contributed by atoms with Gasteiger partial charge in [-0.2, -0.15) is 4.99 Å². The van der Waals surface area contributed by atoms with Gasteiger partial charge in [0.15, 0.2) is 4.80 Å². The Labute approximate surface area is 237 Å². The van der Waals surface area contributed by atoms with Crippen molar-refractivity contribution >= 4 is 29.1 Å². The number of rotatable bonds is 12. The van der Waals surface area contributed by atoms with E-state index in [4.69, 9.17) is 14.2 Å². The van der Waals surface area contributed by atoms with Crippen molar-refractivity contribution in [1.82, 2.24) is 9.88 Å². The normalized spacial score (nSPS) is 11.6. The Hall–Kier alpha value is -4.33. The minimum atomic E-state index is -4.82. The van der Waals surface area contributed by atoms with Crippen molar-refractivity contribution in [3.05, 3.63) is 58.2 Å². The number of aromatic nitrogens is 1. The van der Waals surface area contributed by atoms with Gasteiger partial charge in [-0.15, -0.1) is 24.5 Å². The average Bonchev–Trinajstić information content (AvgIpc) is 3.32. The standard InChI is InChI=1S/C27H28F3N3O7S/c1-4-39-24(35)15-23(34)31-12-5-13-33-21(17-6-8-18(9-7-17)40-27(28,29)30)16-41-26(33)32-25(36)20-11-10-19(37-2)14-22(20)38-3/h6-11,14,16H,4-5,12-13,15H2,1-3H3,(H,31,34). The second-order valence-electron chi connectivity index (χ2n) is 8.30. The Morgan fingerprint density at radius 3 is 2.37 bits per heavy atom. The Morgan fingerprint density at radius 2 is 1.73 bits per heavy atom. The molecule has 0 bridgehead atoms. The minimum absolute atomic E-state index is 0.167. The maximum atomic E-state index is 13.1. The van der Waals surface area contributed by atoms with Crippen molar-refractivity contribution in [3.8, 4) is 28.5 Å². The van der Waals surface area contributed by atoms with Gasteiger partial charge in [0.2, 0.25) is 5.91 Å². The van der Waals surface area contributed by atoms with E-state index >= 15 is 0 Å². The molecule has 0 aliphatic heterocycles. The van der Waals surface area contributed by atoms with Crippen molar-refractivity contribution in [3.63, 3.8) is 0 Å². The lowest BCUT2D eigenvalue weighted by Gasteiger charge is -2.12. The van der Waals surface area contributed by atoms with E-state index in [9.17, 15) is 27.6 Å². The molecule has 41 heavy (non-hydrogen) atoms. The van der Waals surface area contributed by atoms with Crippen molar-refractivity contribution in [2.24, 2.45) is 4.99 Å². The molecule has 1 heterocycles. The predicted molar refractivity (Wildman–Crippen MR) is 143 cm³/mol. The number of carbonyl (C=O) groups is 3. The summed E-state index contributed by atoms with van der Waals surface area (Å²) in [6, 6.07) is 9.97. The summed E-state index contributed by atoms with van der Waals surface area (Å²) in [5.41, 5.74) is 1.34. The zero-order valence-electron chi connectivity index (χ0n) is 22.4. The average molecular weight is 596 g/mol. The number of hydrogen-bond donors (Lipinski definition) is 1. The van der Waals surface area contributed by atoms with E-state index in [1.54, 1.807) is 29.0 Å². The van der Waals surface area contributed by atoms with Gasteiger partial charge < -0.3 is 28.8 Å². The SMILES string of the molecule is CCOC(=O)CC(=O)NCCCn1c(-c2ccc(OC(F)(F)F)cc2)csc1=NC(=O)c1ccc(OC)cc1OC. The summed E-state index contributed by atoms with van der Waals surface area (Å²) in [4.78, 5) is 41.2. The molecule has 0 spiro atoms. The van der Waals surface area contributed by atoms with Crippen LogP contribution in [0.3, 0.4) is 0 Å². The van der Waals surface area contributed by atoms with Gasteiger partial charge in [0, 0.05) is 24.5 Å². The fourth-order valence-corrected chi connectivity index (χ4v) is 4.62. The van der Waals surface area contributed by atoms with E-state index in [0.29, 0.717) is 28.2 Å². The largest absolute Gasteiger partial charge is 0.573 e. The molecule has 2 aromatic carbocycles. The Kier molecular flexibility index (Phi) is 10.9. The molecule has 0 saturated carbocycles. The van der Waals surface area contributed by atoms with Gasteiger partial charge >= 0.3 is 12.3 Å². The maximum absolute atomic E-state index is 13.1. The molecular formula is C27H28F3N3O7S. The maximum Gasteiger partial charge on any atom is 0.573 e. The number of amides is 2. The fraction of sp³-hybridized carbons (Fsp3) is 0.333. The highest BCUT2D eigenvalue weighted by Gasteiger charge is 2.31. The lowest BCUT2D eigenvalue weighted by molar-refractivity contribution is -0.274. The molecule has 3 rings (SSSR count). The highest BCUT2D eigenvalue weighted by molar-refractivity contribution is 7.07. The third-order valence-corrected chi connectivity index (χ3v) is 6.37. The first-order valence-corrected chi connectivity index (χ1v) is 13.2. The van der Waals surface area contributed by atoms with E-state index < -0.39 is 30.6 Å². The molecule has 14 heteroatoms. The predicted octanol–water partition coefficient (Wildman–Crippen LogP) is 4.33. The molecule has 0 atom stereocenters. The Balaban J connectivity index is 1.88. The van der Waals surface area contributed by atoms with Crippen LogP contribution in [-0.2, 0) is 20.9 Å². The number of thiazole rings is 1. The number of alkyl halides is 3. The second kappa shape index (κ2) is 14.3. The van der Waals surface area contributed by atoms with Crippen LogP contribution in [0.25, 0.3) is 11.3 Å². The van der Waals surface area contributed by atoms with Gasteiger partial charge in [-0.05, 0) is 55.3 Å². The van der Waals surface area contributed by atoms with Crippen LogP contribution in [0.1, 0.15) is 30.1 Å². The van der Waals surface area contributed by atoms with E-state index in [-0.39, 0.29) is 36.8 Å². The number of halogens is 3. The number of nitrogens with zero attached hydrogens (tertiary/aromatic N) is 2. The van der Waals surface area contributed by atoms with Crippen molar-refractivity contribution in [1.29, 1.82) is 0 Å². The molecule has 0 aliphatic carbocycles. The molecule has 220 valence electrons. The van der Waals surface area contributed by atoms with E-state index in [1.165, 1.54) is 44.6 Å². The van der Waals surface area contributed by atoms with Gasteiger partial charge in [-0.3, -0.25) is 14.4 Å². The summed E-state index contributed by atoms with van der Waals surface area (Å²) in [7, 11) is 2.90. The molecule has 1 aromatic heterocycles. The van der Waals surface area contributed by atoms with Crippen molar-refractivity contribution in [2.45, 2.75) is 32.7 Å².